The predicted molar refractivity (Wildman–Crippen MR) is 56.2 cm³/mol. The summed E-state index contributed by atoms with van der Waals surface area (Å²) in [5, 5.41) is 0.944. The molecule has 1 aliphatic rings. The highest BCUT2D eigenvalue weighted by Crippen LogP contribution is 2.20. The van der Waals surface area contributed by atoms with Gasteiger partial charge in [-0.3, -0.25) is 0 Å². The molecule has 2 unspecified atom stereocenters. The largest absolute Gasteiger partial charge is 0.381 e. The first-order chi connectivity index (χ1) is 6.86. The lowest BCUT2D eigenvalue weighted by Crippen LogP contribution is -2.32. The highest BCUT2D eigenvalue weighted by molar-refractivity contribution is 7.99. The maximum atomic E-state index is 6.05. The third-order valence-corrected chi connectivity index (χ3v) is 3.50. The second-order valence-electron chi connectivity index (χ2n) is 3.49. The fraction of sp³-hybridized carbons (Fsp3) is 0.667. The normalized spacial score (nSPS) is 23.9. The molecule has 4 nitrogen and oxygen atoms in total. The summed E-state index contributed by atoms with van der Waals surface area (Å²) in [6, 6.07) is 0.215. The van der Waals surface area contributed by atoms with Crippen LogP contribution in [0.2, 0.25) is 0 Å². The van der Waals surface area contributed by atoms with E-state index in [1.54, 1.807) is 18.0 Å². The Morgan fingerprint density at radius 3 is 3.36 bits per heavy atom. The minimum absolute atomic E-state index is 0.215. The number of hydrogen-bond donors (Lipinski definition) is 2. The summed E-state index contributed by atoms with van der Waals surface area (Å²) in [6.07, 6.45) is 4.68. The van der Waals surface area contributed by atoms with Gasteiger partial charge in [-0.25, -0.2) is 4.98 Å². The zero-order chi connectivity index (χ0) is 9.80. The molecule has 1 aromatic rings. The standard InChI is InChI=1S/C9H15N3OS/c10-8(7-1-4-13-5-7)6-14-9-11-2-3-12-9/h2-3,7-8H,1,4-6,10H2,(H,11,12). The highest BCUT2D eigenvalue weighted by Gasteiger charge is 2.22. The summed E-state index contributed by atoms with van der Waals surface area (Å²) in [7, 11) is 0. The molecular formula is C9H15N3OS. The van der Waals surface area contributed by atoms with Crippen molar-refractivity contribution in [3.63, 3.8) is 0 Å². The van der Waals surface area contributed by atoms with Crippen molar-refractivity contribution in [1.29, 1.82) is 0 Å². The molecule has 2 rings (SSSR count). The molecule has 0 saturated carbocycles. The van der Waals surface area contributed by atoms with Crippen molar-refractivity contribution in [1.82, 2.24) is 9.97 Å². The zero-order valence-corrected chi connectivity index (χ0v) is 8.80. The molecule has 0 spiro atoms. The molecule has 1 saturated heterocycles. The number of hydrogen-bond acceptors (Lipinski definition) is 4. The fourth-order valence-corrected chi connectivity index (χ4v) is 2.44. The molecule has 0 bridgehead atoms. The molecule has 14 heavy (non-hydrogen) atoms. The molecule has 0 aromatic carbocycles. The van der Waals surface area contributed by atoms with Crippen LogP contribution in [-0.2, 0) is 4.74 Å². The van der Waals surface area contributed by atoms with Crippen LogP contribution in [0.1, 0.15) is 6.42 Å². The van der Waals surface area contributed by atoms with E-state index in [1.165, 1.54) is 0 Å². The monoisotopic (exact) mass is 213 g/mol. The average molecular weight is 213 g/mol. The van der Waals surface area contributed by atoms with Crippen LogP contribution in [0.15, 0.2) is 17.6 Å². The van der Waals surface area contributed by atoms with Crippen LogP contribution in [0.5, 0.6) is 0 Å². The van der Waals surface area contributed by atoms with Crippen molar-refractivity contribution < 1.29 is 4.74 Å². The van der Waals surface area contributed by atoms with Crippen molar-refractivity contribution in [2.24, 2.45) is 11.7 Å². The van der Waals surface area contributed by atoms with Crippen molar-refractivity contribution >= 4 is 11.8 Å². The lowest BCUT2D eigenvalue weighted by molar-refractivity contribution is 0.182. The van der Waals surface area contributed by atoms with Gasteiger partial charge in [-0.05, 0) is 6.42 Å². The van der Waals surface area contributed by atoms with Crippen LogP contribution in [0.3, 0.4) is 0 Å². The van der Waals surface area contributed by atoms with Crippen LogP contribution in [0.25, 0.3) is 0 Å². The number of nitrogens with zero attached hydrogens (tertiary/aromatic N) is 1. The number of ether oxygens (including phenoxy) is 1. The Bertz CT molecular complexity index is 259. The number of aromatic nitrogens is 2. The smallest absolute Gasteiger partial charge is 0.165 e. The lowest BCUT2D eigenvalue weighted by atomic mass is 10.0. The van der Waals surface area contributed by atoms with Gasteiger partial charge in [-0.2, -0.15) is 0 Å². The van der Waals surface area contributed by atoms with Crippen LogP contribution in [-0.4, -0.2) is 35.0 Å². The van der Waals surface area contributed by atoms with E-state index in [2.05, 4.69) is 9.97 Å². The first kappa shape index (κ1) is 10.0. The van der Waals surface area contributed by atoms with Gasteiger partial charge in [0.25, 0.3) is 0 Å². The van der Waals surface area contributed by atoms with Crippen LogP contribution >= 0.6 is 11.8 Å². The quantitative estimate of drug-likeness (QED) is 0.728. The van der Waals surface area contributed by atoms with Gasteiger partial charge in [-0.1, -0.05) is 11.8 Å². The van der Waals surface area contributed by atoms with E-state index in [1.807, 2.05) is 6.20 Å². The van der Waals surface area contributed by atoms with Crippen molar-refractivity contribution in [3.05, 3.63) is 12.4 Å². The number of H-pyrrole nitrogens is 1. The van der Waals surface area contributed by atoms with E-state index >= 15 is 0 Å². The van der Waals surface area contributed by atoms with Crippen LogP contribution < -0.4 is 5.73 Å². The molecule has 0 amide bonds. The van der Waals surface area contributed by atoms with Gasteiger partial charge in [-0.15, -0.1) is 0 Å². The Kier molecular flexibility index (Phi) is 3.44. The maximum absolute atomic E-state index is 6.05. The molecular weight excluding hydrogens is 198 g/mol. The molecule has 78 valence electrons. The van der Waals surface area contributed by atoms with Crippen LogP contribution in [0.4, 0.5) is 0 Å². The second kappa shape index (κ2) is 4.82. The van der Waals surface area contributed by atoms with Gasteiger partial charge in [0.05, 0.1) is 6.61 Å². The van der Waals surface area contributed by atoms with E-state index in [0.717, 1.165) is 30.5 Å². The first-order valence-electron chi connectivity index (χ1n) is 4.82. The first-order valence-corrected chi connectivity index (χ1v) is 5.80. The van der Waals surface area contributed by atoms with E-state index < -0.39 is 0 Å². The SMILES string of the molecule is NC(CSc1ncc[nH]1)C1CCOC1. The Hall–Kier alpha value is -0.520. The van der Waals surface area contributed by atoms with Crippen molar-refractivity contribution in [2.75, 3.05) is 19.0 Å². The molecule has 0 radical (unpaired) electrons. The van der Waals surface area contributed by atoms with E-state index in [4.69, 9.17) is 10.5 Å². The maximum Gasteiger partial charge on any atom is 0.165 e. The van der Waals surface area contributed by atoms with Gasteiger partial charge >= 0.3 is 0 Å². The number of nitrogens with one attached hydrogen (secondary N) is 1. The Morgan fingerprint density at radius 1 is 1.79 bits per heavy atom. The molecule has 1 fully saturated rings. The van der Waals surface area contributed by atoms with E-state index in [-0.39, 0.29) is 6.04 Å². The summed E-state index contributed by atoms with van der Waals surface area (Å²) in [4.78, 5) is 7.18. The van der Waals surface area contributed by atoms with Gasteiger partial charge < -0.3 is 15.5 Å². The lowest BCUT2D eigenvalue weighted by Gasteiger charge is -2.15. The van der Waals surface area contributed by atoms with Crippen LogP contribution in [0, 0.1) is 5.92 Å². The van der Waals surface area contributed by atoms with Gasteiger partial charge in [0.15, 0.2) is 5.16 Å². The van der Waals surface area contributed by atoms with Gasteiger partial charge in [0, 0.05) is 36.7 Å². The minimum Gasteiger partial charge on any atom is -0.381 e. The number of nitrogens with two attached hydrogens (primary N) is 1. The Labute approximate surface area is 87.6 Å². The van der Waals surface area contributed by atoms with Crippen molar-refractivity contribution in [2.45, 2.75) is 17.6 Å². The molecule has 2 atom stereocenters. The van der Waals surface area contributed by atoms with Gasteiger partial charge in [0.1, 0.15) is 0 Å². The molecule has 2 heterocycles. The fourth-order valence-electron chi connectivity index (χ4n) is 1.53. The minimum atomic E-state index is 0.215. The summed E-state index contributed by atoms with van der Waals surface area (Å²) in [5.41, 5.74) is 6.05. The molecule has 1 aliphatic heterocycles. The van der Waals surface area contributed by atoms with Gasteiger partial charge in [0.2, 0.25) is 0 Å². The summed E-state index contributed by atoms with van der Waals surface area (Å²) in [5.74, 6) is 1.43. The summed E-state index contributed by atoms with van der Waals surface area (Å²) in [6.45, 7) is 1.68. The summed E-state index contributed by atoms with van der Waals surface area (Å²) >= 11 is 1.67. The average Bonchev–Trinajstić information content (AvgIpc) is 2.87. The highest BCUT2D eigenvalue weighted by atomic mass is 32.2. The van der Waals surface area contributed by atoms with Crippen molar-refractivity contribution in [3.8, 4) is 0 Å². The second-order valence-corrected chi connectivity index (χ2v) is 4.50. The topological polar surface area (TPSA) is 63.9 Å². The third kappa shape index (κ3) is 2.50. The molecule has 5 heteroatoms. The molecule has 3 N–H and O–H groups in total. The van der Waals surface area contributed by atoms with E-state index in [9.17, 15) is 0 Å². The number of aromatic amines is 1. The van der Waals surface area contributed by atoms with E-state index in [0.29, 0.717) is 5.92 Å². The number of imidazole rings is 1. The molecule has 1 aromatic heterocycles. The Morgan fingerprint density at radius 2 is 2.71 bits per heavy atom. The summed E-state index contributed by atoms with van der Waals surface area (Å²) < 4.78 is 5.30. The molecule has 0 aliphatic carbocycles. The Balaban J connectivity index is 1.74. The third-order valence-electron chi connectivity index (χ3n) is 2.46. The number of thioether (sulfide) groups is 1. The number of rotatable bonds is 4. The zero-order valence-electron chi connectivity index (χ0n) is 7.98. The predicted octanol–water partition coefficient (Wildman–Crippen LogP) is 0.866.